The van der Waals surface area contributed by atoms with Crippen LogP contribution in [0.25, 0.3) is 0 Å². The third-order valence-electron chi connectivity index (χ3n) is 7.01. The molecule has 8 nitrogen and oxygen atoms in total. The molecule has 2 heterocycles. The Morgan fingerprint density at radius 3 is 2.43 bits per heavy atom. The fourth-order valence-corrected chi connectivity index (χ4v) is 4.73. The summed E-state index contributed by atoms with van der Waals surface area (Å²) in [4.78, 5) is 32.3. The Hall–Kier alpha value is -2.81. The molecule has 2 aliphatic rings. The minimum atomic E-state index is -0.968. The van der Waals surface area contributed by atoms with Gasteiger partial charge in [-0.25, -0.2) is 0 Å². The zero-order valence-electron chi connectivity index (χ0n) is 21.9. The number of carbonyl (C=O) groups is 2. The highest BCUT2D eigenvalue weighted by Gasteiger charge is 2.42. The summed E-state index contributed by atoms with van der Waals surface area (Å²) in [5, 5.41) is 0.659. The first kappa shape index (κ1) is 27.2. The molecule has 0 spiro atoms. The molecule has 1 atom stereocenters. The predicted octanol–water partition coefficient (Wildman–Crippen LogP) is 3.18. The van der Waals surface area contributed by atoms with Gasteiger partial charge in [-0.2, -0.15) is 0 Å². The highest BCUT2D eigenvalue weighted by atomic mass is 35.5. The van der Waals surface area contributed by atoms with Crippen molar-refractivity contribution in [1.82, 2.24) is 14.7 Å². The van der Waals surface area contributed by atoms with Gasteiger partial charge in [0.2, 0.25) is 5.91 Å². The van der Waals surface area contributed by atoms with Gasteiger partial charge in [-0.15, -0.1) is 0 Å². The molecule has 2 fully saturated rings. The van der Waals surface area contributed by atoms with Crippen molar-refractivity contribution < 1.29 is 23.8 Å². The van der Waals surface area contributed by atoms with E-state index in [1.807, 2.05) is 49.1 Å². The number of carbonyl (C=O) groups excluding carboxylic acids is 2. The van der Waals surface area contributed by atoms with Crippen molar-refractivity contribution >= 4 is 23.4 Å². The summed E-state index contributed by atoms with van der Waals surface area (Å²) in [6, 6.07) is 13.1. The first-order valence-electron chi connectivity index (χ1n) is 12.7. The van der Waals surface area contributed by atoms with Crippen LogP contribution in [0.2, 0.25) is 5.02 Å². The zero-order valence-corrected chi connectivity index (χ0v) is 22.6. The molecule has 1 unspecified atom stereocenters. The van der Waals surface area contributed by atoms with E-state index >= 15 is 0 Å². The third kappa shape index (κ3) is 7.15. The fraction of sp³-hybridized carbons (Fsp3) is 0.500. The maximum atomic E-state index is 13.3. The summed E-state index contributed by atoms with van der Waals surface area (Å²) in [7, 11) is 2.05. The summed E-state index contributed by atoms with van der Waals surface area (Å²) in [5.74, 6) is 1.19. The summed E-state index contributed by atoms with van der Waals surface area (Å²) < 4.78 is 18.2. The minimum Gasteiger partial charge on any atom is -0.490 e. The van der Waals surface area contributed by atoms with Crippen LogP contribution in [0, 0.1) is 13.8 Å². The molecule has 9 heteroatoms. The number of benzene rings is 2. The number of piperazine rings is 1. The average Bonchev–Trinajstić information content (AvgIpc) is 2.89. The average molecular weight is 530 g/mol. The number of rotatable bonds is 8. The largest absolute Gasteiger partial charge is 0.490 e. The van der Waals surface area contributed by atoms with Gasteiger partial charge in [0.25, 0.3) is 5.91 Å². The van der Waals surface area contributed by atoms with Crippen LogP contribution >= 0.6 is 11.6 Å². The van der Waals surface area contributed by atoms with Gasteiger partial charge in [-0.3, -0.25) is 9.59 Å². The van der Waals surface area contributed by atoms with Gasteiger partial charge in [-0.1, -0.05) is 29.8 Å². The molecular formula is C28H36ClN3O5. The standard InChI is InChI=1S/C28H36ClN3O5/c1-21-6-4-5-7-25(21)35-18-27(34)32-14-15-37-28(19-32,17-26(33)31-12-10-30(3)11-13-31)20-36-23-8-9-24(29)22(2)16-23/h4-9,16H,10-15,17-20H2,1-3H3. The maximum absolute atomic E-state index is 13.3. The second-order valence-corrected chi connectivity index (χ2v) is 10.4. The number of likely N-dealkylation sites (N-methyl/N-ethyl adjacent to an activating group) is 1. The van der Waals surface area contributed by atoms with Crippen LogP contribution in [0.4, 0.5) is 0 Å². The van der Waals surface area contributed by atoms with Crippen LogP contribution in [-0.4, -0.2) is 98.3 Å². The van der Waals surface area contributed by atoms with Gasteiger partial charge in [0.05, 0.1) is 19.6 Å². The molecule has 4 rings (SSSR count). The molecule has 2 amide bonds. The van der Waals surface area contributed by atoms with Gasteiger partial charge in [0.1, 0.15) is 23.7 Å². The van der Waals surface area contributed by atoms with E-state index in [1.165, 1.54) is 0 Å². The lowest BCUT2D eigenvalue weighted by Gasteiger charge is -2.43. The lowest BCUT2D eigenvalue weighted by molar-refractivity contribution is -0.167. The highest BCUT2D eigenvalue weighted by Crippen LogP contribution is 2.28. The molecule has 2 aromatic carbocycles. The van der Waals surface area contributed by atoms with E-state index in [0.717, 1.165) is 24.2 Å². The first-order valence-corrected chi connectivity index (χ1v) is 13.1. The Balaban J connectivity index is 1.46. The molecule has 0 radical (unpaired) electrons. The molecule has 0 N–H and O–H groups in total. The van der Waals surface area contributed by atoms with Crippen molar-refractivity contribution in [3.05, 3.63) is 58.6 Å². The number of amides is 2. The second-order valence-electron chi connectivity index (χ2n) is 9.96. The Morgan fingerprint density at radius 1 is 0.946 bits per heavy atom. The van der Waals surface area contributed by atoms with E-state index in [2.05, 4.69) is 11.9 Å². The number of morpholine rings is 1. The van der Waals surface area contributed by atoms with Crippen LogP contribution in [0.1, 0.15) is 17.5 Å². The Kier molecular flexibility index (Phi) is 8.95. The topological polar surface area (TPSA) is 71.6 Å². The molecule has 37 heavy (non-hydrogen) atoms. The van der Waals surface area contributed by atoms with E-state index in [9.17, 15) is 9.59 Å². The van der Waals surface area contributed by atoms with Gasteiger partial charge in [0, 0.05) is 37.7 Å². The summed E-state index contributed by atoms with van der Waals surface area (Å²) in [6.07, 6.45) is 0.131. The predicted molar refractivity (Wildman–Crippen MR) is 142 cm³/mol. The first-order chi connectivity index (χ1) is 17.7. The van der Waals surface area contributed by atoms with Crippen LogP contribution in [0.15, 0.2) is 42.5 Å². The molecule has 2 aliphatic heterocycles. The Bertz CT molecular complexity index is 1100. The van der Waals surface area contributed by atoms with Crippen molar-refractivity contribution in [3.8, 4) is 11.5 Å². The van der Waals surface area contributed by atoms with Crippen molar-refractivity contribution in [2.45, 2.75) is 25.9 Å². The highest BCUT2D eigenvalue weighted by molar-refractivity contribution is 6.31. The van der Waals surface area contributed by atoms with Crippen LogP contribution in [-0.2, 0) is 14.3 Å². The lowest BCUT2D eigenvalue weighted by Crippen LogP contribution is -2.59. The third-order valence-corrected chi connectivity index (χ3v) is 7.43. The smallest absolute Gasteiger partial charge is 0.260 e. The van der Waals surface area contributed by atoms with Crippen LogP contribution in [0.5, 0.6) is 11.5 Å². The van der Waals surface area contributed by atoms with Crippen molar-refractivity contribution in [1.29, 1.82) is 0 Å². The number of nitrogens with zero attached hydrogens (tertiary/aromatic N) is 3. The summed E-state index contributed by atoms with van der Waals surface area (Å²) >= 11 is 6.17. The SMILES string of the molecule is Cc1cc(OCC2(CC(=O)N3CCN(C)CC3)CN(C(=O)COc3ccccc3C)CCO2)ccc1Cl. The lowest BCUT2D eigenvalue weighted by atomic mass is 9.96. The Labute approximate surface area is 224 Å². The van der Waals surface area contributed by atoms with E-state index in [4.69, 9.17) is 25.8 Å². The number of hydrogen-bond donors (Lipinski definition) is 0. The molecule has 0 saturated carbocycles. The molecule has 2 aromatic rings. The number of aryl methyl sites for hydroxylation is 2. The second kappa shape index (κ2) is 12.2. The van der Waals surface area contributed by atoms with Gasteiger partial charge in [0.15, 0.2) is 6.61 Å². The molecule has 2 saturated heterocycles. The number of ether oxygens (including phenoxy) is 3. The van der Waals surface area contributed by atoms with E-state index in [0.29, 0.717) is 42.8 Å². The number of halogens is 1. The molecule has 0 bridgehead atoms. The van der Waals surface area contributed by atoms with Crippen LogP contribution < -0.4 is 9.47 Å². The molecule has 0 aliphatic carbocycles. The summed E-state index contributed by atoms with van der Waals surface area (Å²) in [6.45, 7) is 7.92. The van der Waals surface area contributed by atoms with Crippen molar-refractivity contribution in [2.24, 2.45) is 0 Å². The van der Waals surface area contributed by atoms with Gasteiger partial charge < -0.3 is 28.9 Å². The molecule has 200 valence electrons. The molecular weight excluding hydrogens is 494 g/mol. The fourth-order valence-electron chi connectivity index (χ4n) is 4.62. The maximum Gasteiger partial charge on any atom is 0.260 e. The van der Waals surface area contributed by atoms with E-state index in [-0.39, 0.29) is 38.0 Å². The quantitative estimate of drug-likeness (QED) is 0.523. The van der Waals surface area contributed by atoms with Crippen LogP contribution in [0.3, 0.4) is 0 Å². The molecule has 0 aromatic heterocycles. The van der Waals surface area contributed by atoms with E-state index in [1.54, 1.807) is 17.0 Å². The summed E-state index contributed by atoms with van der Waals surface area (Å²) in [5.41, 5.74) is 0.900. The number of para-hydroxylation sites is 1. The van der Waals surface area contributed by atoms with Crippen molar-refractivity contribution in [2.75, 3.05) is 66.1 Å². The monoisotopic (exact) mass is 529 g/mol. The van der Waals surface area contributed by atoms with Gasteiger partial charge >= 0.3 is 0 Å². The number of hydrogen-bond acceptors (Lipinski definition) is 6. The minimum absolute atomic E-state index is 0.00875. The van der Waals surface area contributed by atoms with Gasteiger partial charge in [-0.05, 0) is 56.3 Å². The Morgan fingerprint density at radius 2 is 1.70 bits per heavy atom. The van der Waals surface area contributed by atoms with Crippen molar-refractivity contribution in [3.63, 3.8) is 0 Å². The van der Waals surface area contributed by atoms with E-state index < -0.39 is 5.60 Å². The normalized spacial score (nSPS) is 20.5. The zero-order chi connectivity index (χ0) is 26.4.